The predicted molar refractivity (Wildman–Crippen MR) is 103 cm³/mol. The lowest BCUT2D eigenvalue weighted by Crippen LogP contribution is -2.47. The van der Waals surface area contributed by atoms with Gasteiger partial charge in [0.05, 0.1) is 19.3 Å². The Labute approximate surface area is 160 Å². The number of hydrogen-bond donors (Lipinski definition) is 1. The molecule has 7 nitrogen and oxygen atoms in total. The molecule has 2 aliphatic heterocycles. The lowest BCUT2D eigenvalue weighted by molar-refractivity contribution is -0.146. The number of likely N-dealkylation sites (tertiary alicyclic amines) is 1. The minimum absolute atomic E-state index is 0.0683. The molecule has 7 heteroatoms. The lowest BCUT2D eigenvalue weighted by Gasteiger charge is -2.33. The third-order valence-electron chi connectivity index (χ3n) is 5.37. The van der Waals surface area contributed by atoms with Crippen molar-refractivity contribution in [2.75, 3.05) is 51.3 Å². The molecule has 0 saturated carbocycles. The van der Waals surface area contributed by atoms with Crippen LogP contribution in [0.3, 0.4) is 0 Å². The molecule has 27 heavy (non-hydrogen) atoms. The van der Waals surface area contributed by atoms with Crippen molar-refractivity contribution in [3.05, 3.63) is 29.8 Å². The smallest absolute Gasteiger partial charge is 0.323 e. The molecule has 1 atom stereocenters. The van der Waals surface area contributed by atoms with Gasteiger partial charge in [-0.2, -0.15) is 0 Å². The molecule has 1 unspecified atom stereocenters. The van der Waals surface area contributed by atoms with Gasteiger partial charge in [0.2, 0.25) is 5.91 Å². The van der Waals surface area contributed by atoms with E-state index in [0.29, 0.717) is 13.1 Å². The van der Waals surface area contributed by atoms with Crippen molar-refractivity contribution < 1.29 is 19.4 Å². The molecule has 2 heterocycles. The minimum atomic E-state index is -0.954. The van der Waals surface area contributed by atoms with Gasteiger partial charge in [0.15, 0.2) is 0 Å². The highest BCUT2D eigenvalue weighted by atomic mass is 16.5. The number of amides is 1. The maximum atomic E-state index is 12.9. The highest BCUT2D eigenvalue weighted by Crippen LogP contribution is 2.25. The molecule has 2 aliphatic rings. The molecule has 148 valence electrons. The number of benzene rings is 1. The second kappa shape index (κ2) is 9.19. The molecular formula is C20H29N3O4. The normalized spacial score (nSPS) is 21.4. The fourth-order valence-corrected chi connectivity index (χ4v) is 3.95. The van der Waals surface area contributed by atoms with E-state index in [1.165, 1.54) is 16.2 Å². The van der Waals surface area contributed by atoms with Crippen molar-refractivity contribution in [1.29, 1.82) is 0 Å². The summed E-state index contributed by atoms with van der Waals surface area (Å²) in [5, 5.41) is 9.09. The second-order valence-electron chi connectivity index (χ2n) is 7.31. The van der Waals surface area contributed by atoms with Crippen molar-refractivity contribution in [1.82, 2.24) is 9.80 Å². The Morgan fingerprint density at radius 1 is 1.22 bits per heavy atom. The molecule has 3 rings (SSSR count). The minimum Gasteiger partial charge on any atom is -0.480 e. The number of morpholine rings is 1. The first kappa shape index (κ1) is 19.6. The molecule has 1 aromatic carbocycles. The standard InChI is InChI=1S/C20H29N3O4/c1-21(18-8-4-5-9-23(20(18)26)15-19(24)25)14-16-6-2-3-7-17(16)22-10-12-27-13-11-22/h2-3,6-7,18H,4-5,8-15H2,1H3,(H,24,25). The summed E-state index contributed by atoms with van der Waals surface area (Å²) in [5.41, 5.74) is 2.37. The van der Waals surface area contributed by atoms with Gasteiger partial charge in [-0.25, -0.2) is 0 Å². The van der Waals surface area contributed by atoms with Crippen LogP contribution < -0.4 is 4.90 Å². The number of rotatable bonds is 6. The molecule has 0 radical (unpaired) electrons. The fraction of sp³-hybridized carbons (Fsp3) is 0.600. The number of aliphatic carboxylic acids is 1. The van der Waals surface area contributed by atoms with E-state index in [1.807, 2.05) is 19.2 Å². The van der Waals surface area contributed by atoms with Crippen molar-refractivity contribution in [3.63, 3.8) is 0 Å². The zero-order chi connectivity index (χ0) is 19.2. The van der Waals surface area contributed by atoms with Crippen LogP contribution in [0.4, 0.5) is 5.69 Å². The highest BCUT2D eigenvalue weighted by molar-refractivity contribution is 5.85. The second-order valence-corrected chi connectivity index (χ2v) is 7.31. The average molecular weight is 375 g/mol. The summed E-state index contributed by atoms with van der Waals surface area (Å²) in [5.74, 6) is -1.02. The summed E-state index contributed by atoms with van der Waals surface area (Å²) < 4.78 is 5.46. The van der Waals surface area contributed by atoms with Crippen LogP contribution in [0, 0.1) is 0 Å². The quantitative estimate of drug-likeness (QED) is 0.811. The monoisotopic (exact) mass is 375 g/mol. The van der Waals surface area contributed by atoms with Crippen LogP contribution in [0.5, 0.6) is 0 Å². The summed E-state index contributed by atoms with van der Waals surface area (Å²) in [6.07, 6.45) is 2.56. The van der Waals surface area contributed by atoms with Gasteiger partial charge in [-0.15, -0.1) is 0 Å². The Bertz CT molecular complexity index is 660. The molecule has 1 amide bonds. The van der Waals surface area contributed by atoms with Gasteiger partial charge in [0.1, 0.15) is 6.54 Å². The summed E-state index contributed by atoms with van der Waals surface area (Å²) in [6, 6.07) is 8.03. The summed E-state index contributed by atoms with van der Waals surface area (Å²) >= 11 is 0. The van der Waals surface area contributed by atoms with Crippen LogP contribution in [0.25, 0.3) is 0 Å². The van der Waals surface area contributed by atoms with Gasteiger partial charge in [-0.3, -0.25) is 14.5 Å². The number of anilines is 1. The molecule has 2 saturated heterocycles. The number of likely N-dealkylation sites (N-methyl/N-ethyl adjacent to an activating group) is 1. The van der Waals surface area contributed by atoms with E-state index >= 15 is 0 Å². The van der Waals surface area contributed by atoms with E-state index in [0.717, 1.165) is 45.6 Å². The number of hydrogen-bond acceptors (Lipinski definition) is 5. The van der Waals surface area contributed by atoms with E-state index in [4.69, 9.17) is 9.84 Å². The number of carboxylic acids is 1. The number of nitrogens with zero attached hydrogens (tertiary/aromatic N) is 3. The van der Waals surface area contributed by atoms with E-state index in [1.54, 1.807) is 0 Å². The Hall–Kier alpha value is -2.12. The van der Waals surface area contributed by atoms with Crippen LogP contribution in [-0.2, 0) is 20.9 Å². The van der Waals surface area contributed by atoms with Crippen LogP contribution in [-0.4, -0.2) is 79.3 Å². The largest absolute Gasteiger partial charge is 0.480 e. The predicted octanol–water partition coefficient (Wildman–Crippen LogP) is 1.42. The molecule has 0 bridgehead atoms. The van der Waals surface area contributed by atoms with Crippen molar-refractivity contribution >= 4 is 17.6 Å². The molecule has 1 N–H and O–H groups in total. The third kappa shape index (κ3) is 4.99. The van der Waals surface area contributed by atoms with Gasteiger partial charge in [0, 0.05) is 31.9 Å². The van der Waals surface area contributed by atoms with Crippen molar-refractivity contribution in [2.24, 2.45) is 0 Å². The first-order valence-corrected chi connectivity index (χ1v) is 9.67. The van der Waals surface area contributed by atoms with E-state index in [-0.39, 0.29) is 18.5 Å². The third-order valence-corrected chi connectivity index (χ3v) is 5.37. The molecule has 0 aromatic heterocycles. The first-order valence-electron chi connectivity index (χ1n) is 9.67. The molecular weight excluding hydrogens is 346 g/mol. The molecule has 1 aromatic rings. The lowest BCUT2D eigenvalue weighted by atomic mass is 10.1. The van der Waals surface area contributed by atoms with Gasteiger partial charge in [-0.1, -0.05) is 18.2 Å². The number of para-hydroxylation sites is 1. The van der Waals surface area contributed by atoms with Gasteiger partial charge < -0.3 is 19.6 Å². The Morgan fingerprint density at radius 3 is 2.70 bits per heavy atom. The van der Waals surface area contributed by atoms with Gasteiger partial charge in [0.25, 0.3) is 0 Å². The summed E-state index contributed by atoms with van der Waals surface area (Å²) in [4.78, 5) is 29.9. The fourth-order valence-electron chi connectivity index (χ4n) is 3.95. The SMILES string of the molecule is CN(Cc1ccccc1N1CCOCC1)C1CCCCN(CC(=O)O)C1=O. The molecule has 0 spiro atoms. The average Bonchev–Trinajstić information content (AvgIpc) is 2.84. The molecule has 0 aliphatic carbocycles. The van der Waals surface area contributed by atoms with Crippen LogP contribution >= 0.6 is 0 Å². The zero-order valence-corrected chi connectivity index (χ0v) is 16.0. The van der Waals surface area contributed by atoms with Crippen molar-refractivity contribution in [3.8, 4) is 0 Å². The summed E-state index contributed by atoms with van der Waals surface area (Å²) in [7, 11) is 1.96. The van der Waals surface area contributed by atoms with E-state index in [2.05, 4.69) is 21.9 Å². The number of carboxylic acid groups (broad SMARTS) is 1. The Kier molecular flexibility index (Phi) is 6.68. The van der Waals surface area contributed by atoms with Gasteiger partial charge >= 0.3 is 5.97 Å². The van der Waals surface area contributed by atoms with E-state index < -0.39 is 5.97 Å². The maximum Gasteiger partial charge on any atom is 0.323 e. The maximum absolute atomic E-state index is 12.9. The number of carbonyl (C=O) groups excluding carboxylic acids is 1. The Balaban J connectivity index is 1.73. The van der Waals surface area contributed by atoms with Gasteiger partial charge in [-0.05, 0) is 37.9 Å². The molecule has 2 fully saturated rings. The zero-order valence-electron chi connectivity index (χ0n) is 16.0. The van der Waals surface area contributed by atoms with Crippen LogP contribution in [0.1, 0.15) is 24.8 Å². The van der Waals surface area contributed by atoms with Crippen LogP contribution in [0.15, 0.2) is 24.3 Å². The Morgan fingerprint density at radius 2 is 1.96 bits per heavy atom. The van der Waals surface area contributed by atoms with E-state index in [9.17, 15) is 9.59 Å². The van der Waals surface area contributed by atoms with Crippen molar-refractivity contribution in [2.45, 2.75) is 31.8 Å². The number of carbonyl (C=O) groups is 2. The number of ether oxygens (including phenoxy) is 1. The summed E-state index contributed by atoms with van der Waals surface area (Å²) in [6.45, 7) is 4.17. The first-order chi connectivity index (χ1) is 13.1. The topological polar surface area (TPSA) is 73.3 Å². The van der Waals surface area contributed by atoms with Crippen LogP contribution in [0.2, 0.25) is 0 Å². The highest BCUT2D eigenvalue weighted by Gasteiger charge is 2.31.